The summed E-state index contributed by atoms with van der Waals surface area (Å²) in [6, 6.07) is 7.40. The number of carbonyl (C=O) groups excluding carboxylic acids is 1. The Labute approximate surface area is 190 Å². The molecule has 0 bridgehead atoms. The van der Waals surface area contributed by atoms with E-state index in [1.165, 1.54) is 34.1 Å². The number of hydrogen-bond acceptors (Lipinski definition) is 6. The molecular weight excluding hydrogens is 459 g/mol. The quantitative estimate of drug-likeness (QED) is 0.534. The van der Waals surface area contributed by atoms with E-state index in [9.17, 15) is 14.0 Å². The third-order valence-electron chi connectivity index (χ3n) is 4.67. The molecule has 1 unspecified atom stereocenters. The van der Waals surface area contributed by atoms with Crippen molar-refractivity contribution in [3.63, 3.8) is 0 Å². The first-order chi connectivity index (χ1) is 14.8. The molecule has 0 saturated heterocycles. The zero-order chi connectivity index (χ0) is 22.3. The minimum Gasteiger partial charge on any atom is -0.459 e. The number of thiophene rings is 1. The Morgan fingerprint density at radius 3 is 2.74 bits per heavy atom. The van der Waals surface area contributed by atoms with Gasteiger partial charge in [-0.05, 0) is 50.4 Å². The largest absolute Gasteiger partial charge is 0.459 e. The van der Waals surface area contributed by atoms with Crippen molar-refractivity contribution in [2.75, 3.05) is 0 Å². The molecule has 1 aromatic carbocycles. The predicted molar refractivity (Wildman–Crippen MR) is 121 cm³/mol. The van der Waals surface area contributed by atoms with Crippen molar-refractivity contribution >= 4 is 46.3 Å². The van der Waals surface area contributed by atoms with Gasteiger partial charge in [0, 0.05) is 10.4 Å². The number of thiazole rings is 1. The van der Waals surface area contributed by atoms with Crippen LogP contribution < -0.4 is 14.9 Å². The minimum atomic E-state index is -0.666. The summed E-state index contributed by atoms with van der Waals surface area (Å²) in [4.78, 5) is 32.0. The van der Waals surface area contributed by atoms with Gasteiger partial charge in [0.15, 0.2) is 4.80 Å². The third kappa shape index (κ3) is 4.03. The summed E-state index contributed by atoms with van der Waals surface area (Å²) in [7, 11) is 0. The van der Waals surface area contributed by atoms with Crippen LogP contribution in [0.25, 0.3) is 6.08 Å². The van der Waals surface area contributed by atoms with E-state index in [1.54, 1.807) is 26.8 Å². The molecule has 1 aliphatic rings. The molecule has 0 aliphatic carbocycles. The summed E-state index contributed by atoms with van der Waals surface area (Å²) in [5.74, 6) is -1.04. The number of esters is 1. The summed E-state index contributed by atoms with van der Waals surface area (Å²) >= 11 is 8.70. The maximum Gasteiger partial charge on any atom is 0.338 e. The molecule has 1 atom stereocenters. The van der Waals surface area contributed by atoms with Gasteiger partial charge in [0.2, 0.25) is 0 Å². The lowest BCUT2D eigenvalue weighted by Gasteiger charge is -2.24. The molecule has 1 aliphatic heterocycles. The zero-order valence-corrected chi connectivity index (χ0v) is 19.3. The highest BCUT2D eigenvalue weighted by Gasteiger charge is 2.34. The molecule has 0 fully saturated rings. The van der Waals surface area contributed by atoms with Gasteiger partial charge in [0.05, 0.1) is 26.9 Å². The van der Waals surface area contributed by atoms with E-state index in [0.29, 0.717) is 16.1 Å². The molecule has 0 spiro atoms. The van der Waals surface area contributed by atoms with E-state index in [2.05, 4.69) is 4.99 Å². The van der Waals surface area contributed by atoms with Crippen LogP contribution in [0, 0.1) is 5.82 Å². The van der Waals surface area contributed by atoms with Crippen molar-refractivity contribution in [3.8, 4) is 0 Å². The average molecular weight is 477 g/mol. The molecule has 3 aromatic rings. The number of aromatic nitrogens is 1. The maximum absolute atomic E-state index is 14.3. The van der Waals surface area contributed by atoms with E-state index in [0.717, 1.165) is 16.2 Å². The molecule has 5 nitrogen and oxygen atoms in total. The molecule has 3 heterocycles. The Kier molecular flexibility index (Phi) is 5.96. The van der Waals surface area contributed by atoms with Crippen LogP contribution >= 0.6 is 34.3 Å². The maximum atomic E-state index is 14.3. The summed E-state index contributed by atoms with van der Waals surface area (Å²) in [6.45, 7) is 5.25. The number of halogens is 2. The number of carbonyl (C=O) groups is 1. The van der Waals surface area contributed by atoms with Crippen molar-refractivity contribution in [1.29, 1.82) is 0 Å². The Morgan fingerprint density at radius 1 is 1.32 bits per heavy atom. The molecule has 0 amide bonds. The smallest absolute Gasteiger partial charge is 0.338 e. The topological polar surface area (TPSA) is 60.7 Å². The highest BCUT2D eigenvalue weighted by molar-refractivity contribution is 7.10. The lowest BCUT2D eigenvalue weighted by Crippen LogP contribution is -2.39. The van der Waals surface area contributed by atoms with E-state index in [-0.39, 0.29) is 26.8 Å². The molecule has 31 heavy (non-hydrogen) atoms. The Bertz CT molecular complexity index is 1350. The van der Waals surface area contributed by atoms with Crippen molar-refractivity contribution in [1.82, 2.24) is 4.57 Å². The van der Waals surface area contributed by atoms with Crippen LogP contribution in [0.1, 0.15) is 37.3 Å². The van der Waals surface area contributed by atoms with Crippen LogP contribution in [0.2, 0.25) is 5.02 Å². The Morgan fingerprint density at radius 2 is 2.10 bits per heavy atom. The van der Waals surface area contributed by atoms with Crippen LogP contribution in [0.4, 0.5) is 4.39 Å². The monoisotopic (exact) mass is 476 g/mol. The lowest BCUT2D eigenvalue weighted by atomic mass is 10.0. The van der Waals surface area contributed by atoms with Gasteiger partial charge in [0.1, 0.15) is 11.9 Å². The highest BCUT2D eigenvalue weighted by Crippen LogP contribution is 2.33. The Balaban J connectivity index is 1.96. The van der Waals surface area contributed by atoms with Gasteiger partial charge in [-0.25, -0.2) is 14.2 Å². The van der Waals surface area contributed by atoms with Gasteiger partial charge in [-0.3, -0.25) is 9.36 Å². The van der Waals surface area contributed by atoms with Gasteiger partial charge in [0.25, 0.3) is 5.56 Å². The van der Waals surface area contributed by atoms with Crippen LogP contribution in [0.5, 0.6) is 0 Å². The summed E-state index contributed by atoms with van der Waals surface area (Å²) < 4.78 is 21.5. The molecule has 2 aromatic heterocycles. The number of benzene rings is 1. The fourth-order valence-electron chi connectivity index (χ4n) is 3.36. The molecule has 0 radical (unpaired) electrons. The van der Waals surface area contributed by atoms with Crippen molar-refractivity contribution in [3.05, 3.63) is 88.0 Å². The number of nitrogens with zero attached hydrogens (tertiary/aromatic N) is 2. The first-order valence-corrected chi connectivity index (χ1v) is 11.6. The second kappa shape index (κ2) is 8.53. The summed E-state index contributed by atoms with van der Waals surface area (Å²) in [5.41, 5.74) is 0.570. The first kappa shape index (κ1) is 21.7. The molecule has 9 heteroatoms. The third-order valence-corrected chi connectivity index (χ3v) is 6.91. The number of hydrogen-bond donors (Lipinski definition) is 0. The zero-order valence-electron chi connectivity index (χ0n) is 16.9. The van der Waals surface area contributed by atoms with Crippen LogP contribution in [0.15, 0.2) is 56.8 Å². The van der Waals surface area contributed by atoms with Crippen molar-refractivity contribution < 1.29 is 13.9 Å². The van der Waals surface area contributed by atoms with E-state index in [4.69, 9.17) is 16.3 Å². The van der Waals surface area contributed by atoms with Crippen LogP contribution in [0.3, 0.4) is 0 Å². The molecule has 160 valence electrons. The number of fused-ring (bicyclic) bond motifs is 1. The second-order valence-corrected chi connectivity index (χ2v) is 9.58. The number of ether oxygens (including phenoxy) is 1. The Hall–Kier alpha value is -2.55. The fraction of sp³-hybridized carbons (Fsp3) is 0.227. The minimum absolute atomic E-state index is 0.136. The van der Waals surface area contributed by atoms with Crippen molar-refractivity contribution in [2.24, 2.45) is 4.99 Å². The SMILES string of the molecule is CC1=C(C(=O)OC(C)C)C(c2cccs2)n2c(sc(=Cc3c(F)cccc3Cl)c2=O)=N1. The standard InChI is InChI=1S/C22H18ClFN2O3S2/c1-11(2)29-21(28)18-12(3)25-22-26(19(18)16-8-5-9-30-16)20(27)17(31-22)10-13-14(23)6-4-7-15(13)24/h4-11,19H,1-3H3. The van der Waals surface area contributed by atoms with Crippen LogP contribution in [-0.2, 0) is 9.53 Å². The molecule has 4 rings (SSSR count). The van der Waals surface area contributed by atoms with Gasteiger partial charge in [-0.1, -0.05) is 35.1 Å². The molecular formula is C22H18ClFN2O3S2. The van der Waals surface area contributed by atoms with Gasteiger partial charge >= 0.3 is 5.97 Å². The van der Waals surface area contributed by atoms with E-state index >= 15 is 0 Å². The molecule has 0 N–H and O–H groups in total. The van der Waals surface area contributed by atoms with Gasteiger partial charge in [-0.15, -0.1) is 11.3 Å². The van der Waals surface area contributed by atoms with E-state index < -0.39 is 17.8 Å². The second-order valence-electron chi connectivity index (χ2n) is 7.19. The first-order valence-electron chi connectivity index (χ1n) is 9.49. The number of allylic oxidation sites excluding steroid dienone is 1. The number of rotatable bonds is 4. The molecule has 0 saturated carbocycles. The highest BCUT2D eigenvalue weighted by atomic mass is 35.5. The lowest BCUT2D eigenvalue weighted by molar-refractivity contribution is -0.143. The normalized spacial score (nSPS) is 16.5. The summed E-state index contributed by atoms with van der Waals surface area (Å²) in [5, 5.41) is 2.09. The average Bonchev–Trinajstić information content (AvgIpc) is 3.32. The fourth-order valence-corrected chi connectivity index (χ4v) is 5.43. The van der Waals surface area contributed by atoms with Gasteiger partial charge in [-0.2, -0.15) is 0 Å². The van der Waals surface area contributed by atoms with Crippen LogP contribution in [-0.4, -0.2) is 16.6 Å². The van der Waals surface area contributed by atoms with Gasteiger partial charge < -0.3 is 4.74 Å². The van der Waals surface area contributed by atoms with E-state index in [1.807, 2.05) is 17.5 Å². The predicted octanol–water partition coefficient (Wildman–Crippen LogP) is 4.04. The summed E-state index contributed by atoms with van der Waals surface area (Å²) in [6.07, 6.45) is 1.11. The van der Waals surface area contributed by atoms with Crippen molar-refractivity contribution in [2.45, 2.75) is 32.9 Å².